The lowest BCUT2D eigenvalue weighted by Gasteiger charge is -2.03. The van der Waals surface area contributed by atoms with Gasteiger partial charge in [-0.05, 0) is 11.8 Å². The number of aliphatic hydroxyl groups is 1. The van der Waals surface area contributed by atoms with Gasteiger partial charge in [-0.1, -0.05) is 6.92 Å². The maximum absolute atomic E-state index is 8.99. The van der Waals surface area contributed by atoms with Crippen LogP contribution in [-0.2, 0) is 4.74 Å². The van der Waals surface area contributed by atoms with Crippen molar-refractivity contribution >= 4 is 0 Å². The molecule has 1 saturated carbocycles. The van der Waals surface area contributed by atoms with Crippen molar-refractivity contribution in [1.82, 2.24) is 0 Å². The lowest BCUT2D eigenvalue weighted by atomic mass is 10.3. The third kappa shape index (κ3) is 0.400. The minimum absolute atomic E-state index is 0.435. The molecule has 2 unspecified atom stereocenters. The van der Waals surface area contributed by atoms with Crippen molar-refractivity contribution in [2.45, 2.75) is 13.2 Å². The minimum Gasteiger partial charge on any atom is -0.368 e. The highest BCUT2D eigenvalue weighted by atomic mass is 16.6. The molecular formula is C6H10O2. The van der Waals surface area contributed by atoms with Gasteiger partial charge in [0.05, 0.1) is 6.61 Å². The van der Waals surface area contributed by atoms with Gasteiger partial charge in [-0.3, -0.25) is 0 Å². The van der Waals surface area contributed by atoms with Gasteiger partial charge in [0.25, 0.3) is 0 Å². The van der Waals surface area contributed by atoms with E-state index in [0.717, 1.165) is 12.5 Å². The molecule has 0 aromatic carbocycles. The van der Waals surface area contributed by atoms with Crippen LogP contribution in [0, 0.1) is 17.8 Å². The van der Waals surface area contributed by atoms with E-state index in [1.807, 2.05) is 0 Å². The standard InChI is InChI=1S/C6H10O2/c1-3-4-2-8-6(7)5(3)4/h3-7H,2H2,1H3/t3?,4-,5+,6?/m1/s1. The zero-order valence-corrected chi connectivity index (χ0v) is 4.87. The molecule has 2 heteroatoms. The highest BCUT2D eigenvalue weighted by Gasteiger charge is 2.56. The maximum Gasteiger partial charge on any atom is 0.157 e. The van der Waals surface area contributed by atoms with Gasteiger partial charge in [-0.2, -0.15) is 0 Å². The lowest BCUT2D eigenvalue weighted by Crippen LogP contribution is -2.10. The smallest absolute Gasteiger partial charge is 0.157 e. The molecule has 1 aliphatic carbocycles. The Bertz CT molecular complexity index is 111. The van der Waals surface area contributed by atoms with E-state index in [1.54, 1.807) is 0 Å². The Morgan fingerprint density at radius 1 is 1.62 bits per heavy atom. The van der Waals surface area contributed by atoms with Crippen molar-refractivity contribution in [2.75, 3.05) is 6.61 Å². The predicted molar refractivity (Wildman–Crippen MR) is 28.1 cm³/mol. The van der Waals surface area contributed by atoms with Crippen LogP contribution in [-0.4, -0.2) is 18.0 Å². The number of aliphatic hydroxyl groups excluding tert-OH is 1. The van der Waals surface area contributed by atoms with Gasteiger partial charge < -0.3 is 9.84 Å². The first-order valence-corrected chi connectivity index (χ1v) is 3.10. The second-order valence-electron chi connectivity index (χ2n) is 2.82. The normalized spacial score (nSPS) is 60.8. The maximum atomic E-state index is 8.99. The van der Waals surface area contributed by atoms with E-state index in [0.29, 0.717) is 11.8 Å². The van der Waals surface area contributed by atoms with Gasteiger partial charge in [0.15, 0.2) is 6.29 Å². The molecule has 4 atom stereocenters. The second-order valence-corrected chi connectivity index (χ2v) is 2.82. The van der Waals surface area contributed by atoms with Gasteiger partial charge in [0, 0.05) is 5.92 Å². The number of hydrogen-bond acceptors (Lipinski definition) is 2. The number of ether oxygens (including phenoxy) is 1. The Kier molecular flexibility index (Phi) is 0.746. The zero-order valence-electron chi connectivity index (χ0n) is 4.87. The Balaban J connectivity index is 2.07. The fourth-order valence-corrected chi connectivity index (χ4v) is 1.63. The van der Waals surface area contributed by atoms with Crippen molar-refractivity contribution in [1.29, 1.82) is 0 Å². The third-order valence-electron chi connectivity index (χ3n) is 2.42. The number of hydrogen-bond donors (Lipinski definition) is 1. The van der Waals surface area contributed by atoms with Crippen LogP contribution >= 0.6 is 0 Å². The van der Waals surface area contributed by atoms with Gasteiger partial charge >= 0.3 is 0 Å². The van der Waals surface area contributed by atoms with E-state index in [-0.39, 0.29) is 0 Å². The van der Waals surface area contributed by atoms with Crippen LogP contribution in [0.5, 0.6) is 0 Å². The monoisotopic (exact) mass is 114 g/mol. The number of fused-ring (bicyclic) bond motifs is 1. The topological polar surface area (TPSA) is 29.5 Å². The Labute approximate surface area is 48.5 Å². The first-order chi connectivity index (χ1) is 3.80. The summed E-state index contributed by atoms with van der Waals surface area (Å²) >= 11 is 0. The molecule has 0 aromatic rings. The third-order valence-corrected chi connectivity index (χ3v) is 2.42. The van der Waals surface area contributed by atoms with E-state index < -0.39 is 6.29 Å². The largest absolute Gasteiger partial charge is 0.368 e. The summed E-state index contributed by atoms with van der Waals surface area (Å²) in [7, 11) is 0. The Hall–Kier alpha value is -0.0800. The van der Waals surface area contributed by atoms with Crippen molar-refractivity contribution in [3.8, 4) is 0 Å². The average molecular weight is 114 g/mol. The summed E-state index contributed by atoms with van der Waals surface area (Å²) in [6, 6.07) is 0. The van der Waals surface area contributed by atoms with Crippen molar-refractivity contribution < 1.29 is 9.84 Å². The first kappa shape index (κ1) is 4.77. The van der Waals surface area contributed by atoms with E-state index in [1.165, 1.54) is 0 Å². The van der Waals surface area contributed by atoms with Crippen LogP contribution in [0.15, 0.2) is 0 Å². The number of rotatable bonds is 0. The van der Waals surface area contributed by atoms with Gasteiger partial charge in [-0.15, -0.1) is 0 Å². The molecule has 1 saturated heterocycles. The Morgan fingerprint density at radius 3 is 2.62 bits per heavy atom. The molecule has 0 bridgehead atoms. The van der Waals surface area contributed by atoms with E-state index in [2.05, 4.69) is 6.92 Å². The molecule has 2 fully saturated rings. The summed E-state index contributed by atoms with van der Waals surface area (Å²) in [4.78, 5) is 0. The summed E-state index contributed by atoms with van der Waals surface area (Å²) in [6.07, 6.45) is -0.435. The molecule has 1 heterocycles. The van der Waals surface area contributed by atoms with Crippen LogP contribution in [0.3, 0.4) is 0 Å². The van der Waals surface area contributed by atoms with Crippen molar-refractivity contribution in [3.63, 3.8) is 0 Å². The highest BCUT2D eigenvalue weighted by molar-refractivity contribution is 4.99. The molecule has 0 aromatic heterocycles. The van der Waals surface area contributed by atoms with Crippen molar-refractivity contribution in [2.24, 2.45) is 17.8 Å². The summed E-state index contributed by atoms with van der Waals surface area (Å²) in [5.74, 6) is 1.89. The highest BCUT2D eigenvalue weighted by Crippen LogP contribution is 2.52. The van der Waals surface area contributed by atoms with Gasteiger partial charge in [0.2, 0.25) is 0 Å². The Morgan fingerprint density at radius 2 is 2.38 bits per heavy atom. The summed E-state index contributed by atoms with van der Waals surface area (Å²) < 4.78 is 4.94. The molecule has 0 amide bonds. The summed E-state index contributed by atoms with van der Waals surface area (Å²) in [5, 5.41) is 8.99. The fraction of sp³-hybridized carbons (Fsp3) is 1.00. The average Bonchev–Trinajstić information content (AvgIpc) is 2.13. The molecule has 46 valence electrons. The quantitative estimate of drug-likeness (QED) is 0.488. The molecule has 1 aliphatic heterocycles. The summed E-state index contributed by atoms with van der Waals surface area (Å²) in [5.41, 5.74) is 0. The second kappa shape index (κ2) is 1.25. The molecular weight excluding hydrogens is 104 g/mol. The SMILES string of the molecule is CC1[C@@H]2C(O)OC[C@H]12. The van der Waals surface area contributed by atoms with Crippen molar-refractivity contribution in [3.05, 3.63) is 0 Å². The van der Waals surface area contributed by atoms with Crippen LogP contribution < -0.4 is 0 Å². The van der Waals surface area contributed by atoms with E-state index >= 15 is 0 Å². The van der Waals surface area contributed by atoms with Gasteiger partial charge in [0.1, 0.15) is 0 Å². The first-order valence-electron chi connectivity index (χ1n) is 3.10. The van der Waals surface area contributed by atoms with Crippen LogP contribution in [0.1, 0.15) is 6.92 Å². The molecule has 8 heavy (non-hydrogen) atoms. The van der Waals surface area contributed by atoms with E-state index in [9.17, 15) is 0 Å². The molecule has 2 nitrogen and oxygen atoms in total. The molecule has 2 rings (SSSR count). The molecule has 0 spiro atoms. The molecule has 1 N–H and O–H groups in total. The summed E-state index contributed by atoms with van der Waals surface area (Å²) in [6.45, 7) is 2.95. The van der Waals surface area contributed by atoms with Gasteiger partial charge in [-0.25, -0.2) is 0 Å². The molecule has 2 aliphatic rings. The van der Waals surface area contributed by atoms with Crippen LogP contribution in [0.2, 0.25) is 0 Å². The lowest BCUT2D eigenvalue weighted by molar-refractivity contribution is -0.0877. The van der Waals surface area contributed by atoms with Crippen LogP contribution in [0.25, 0.3) is 0 Å². The zero-order chi connectivity index (χ0) is 5.72. The van der Waals surface area contributed by atoms with Crippen LogP contribution in [0.4, 0.5) is 0 Å². The predicted octanol–water partition coefficient (Wildman–Crippen LogP) is 0.217. The minimum atomic E-state index is -0.435. The fourth-order valence-electron chi connectivity index (χ4n) is 1.63. The van der Waals surface area contributed by atoms with E-state index in [4.69, 9.17) is 9.84 Å². The molecule has 0 radical (unpaired) electrons.